The van der Waals surface area contributed by atoms with Crippen LogP contribution in [0, 0.1) is 0 Å². The predicted molar refractivity (Wildman–Crippen MR) is 82.0 cm³/mol. The summed E-state index contributed by atoms with van der Waals surface area (Å²) in [7, 11) is 0. The molecule has 1 aromatic heterocycles. The van der Waals surface area contributed by atoms with Crippen molar-refractivity contribution in [2.24, 2.45) is 0 Å². The van der Waals surface area contributed by atoms with Crippen molar-refractivity contribution < 1.29 is 4.74 Å². The van der Waals surface area contributed by atoms with Crippen molar-refractivity contribution in [2.75, 3.05) is 19.7 Å². The molecule has 0 aliphatic heterocycles. The summed E-state index contributed by atoms with van der Waals surface area (Å²) >= 11 is 7.85. The van der Waals surface area contributed by atoms with Crippen LogP contribution >= 0.6 is 22.9 Å². The summed E-state index contributed by atoms with van der Waals surface area (Å²) in [5, 5.41) is 6.26. The van der Waals surface area contributed by atoms with E-state index in [-0.39, 0.29) is 0 Å². The van der Waals surface area contributed by atoms with Crippen molar-refractivity contribution in [3.8, 4) is 0 Å². The Labute approximate surface area is 123 Å². The SMILES string of the molecule is Clc1ccccc1COCCNCCc1cccs1. The van der Waals surface area contributed by atoms with Gasteiger partial charge >= 0.3 is 0 Å². The van der Waals surface area contributed by atoms with Crippen molar-refractivity contribution in [3.05, 3.63) is 57.2 Å². The Morgan fingerprint density at radius 2 is 2.00 bits per heavy atom. The molecule has 0 unspecified atom stereocenters. The Hall–Kier alpha value is -0.870. The molecule has 2 nitrogen and oxygen atoms in total. The fourth-order valence-corrected chi connectivity index (χ4v) is 2.63. The number of hydrogen-bond acceptors (Lipinski definition) is 3. The standard InChI is InChI=1S/C15H18ClNOS/c16-15-6-2-1-4-13(15)12-18-10-9-17-8-7-14-5-3-11-19-14/h1-6,11,17H,7-10,12H2. The van der Waals surface area contributed by atoms with Crippen LogP contribution in [0.3, 0.4) is 0 Å². The van der Waals surface area contributed by atoms with Crippen LogP contribution in [0.25, 0.3) is 0 Å². The van der Waals surface area contributed by atoms with Crippen LogP contribution < -0.4 is 5.32 Å². The predicted octanol–water partition coefficient (Wildman–Crippen LogP) is 3.75. The van der Waals surface area contributed by atoms with Gasteiger partial charge in [0, 0.05) is 23.0 Å². The van der Waals surface area contributed by atoms with Gasteiger partial charge in [0.05, 0.1) is 13.2 Å². The third-order valence-corrected chi connectivity index (χ3v) is 4.07. The number of ether oxygens (including phenoxy) is 1. The minimum absolute atomic E-state index is 0.576. The van der Waals surface area contributed by atoms with Gasteiger partial charge in [-0.15, -0.1) is 11.3 Å². The molecule has 0 saturated heterocycles. The normalized spacial score (nSPS) is 10.8. The lowest BCUT2D eigenvalue weighted by molar-refractivity contribution is 0.123. The highest BCUT2D eigenvalue weighted by molar-refractivity contribution is 7.09. The molecule has 0 radical (unpaired) electrons. The van der Waals surface area contributed by atoms with Gasteiger partial charge in [0.1, 0.15) is 0 Å². The maximum atomic E-state index is 6.05. The smallest absolute Gasteiger partial charge is 0.0731 e. The summed E-state index contributed by atoms with van der Waals surface area (Å²) in [5.74, 6) is 0. The molecule has 0 saturated carbocycles. The number of hydrogen-bond donors (Lipinski definition) is 1. The van der Waals surface area contributed by atoms with E-state index in [1.807, 2.05) is 24.3 Å². The molecule has 0 atom stereocenters. The van der Waals surface area contributed by atoms with Crippen LogP contribution in [0.1, 0.15) is 10.4 Å². The van der Waals surface area contributed by atoms with Crippen LogP contribution in [-0.2, 0) is 17.8 Å². The molecule has 0 bridgehead atoms. The molecule has 2 aromatic rings. The van der Waals surface area contributed by atoms with E-state index in [4.69, 9.17) is 16.3 Å². The van der Waals surface area contributed by atoms with Crippen molar-refractivity contribution in [1.82, 2.24) is 5.32 Å². The van der Waals surface area contributed by atoms with Crippen molar-refractivity contribution in [2.45, 2.75) is 13.0 Å². The second-order valence-corrected chi connectivity index (χ2v) is 5.66. The fourth-order valence-electron chi connectivity index (χ4n) is 1.73. The Balaban J connectivity index is 1.52. The third kappa shape index (κ3) is 5.33. The van der Waals surface area contributed by atoms with E-state index in [1.165, 1.54) is 4.88 Å². The van der Waals surface area contributed by atoms with E-state index in [1.54, 1.807) is 11.3 Å². The lowest BCUT2D eigenvalue weighted by Crippen LogP contribution is -2.22. The van der Waals surface area contributed by atoms with Crippen LogP contribution in [0.15, 0.2) is 41.8 Å². The van der Waals surface area contributed by atoms with Crippen LogP contribution in [0.5, 0.6) is 0 Å². The van der Waals surface area contributed by atoms with Gasteiger partial charge in [-0.3, -0.25) is 0 Å². The highest BCUT2D eigenvalue weighted by Crippen LogP contribution is 2.15. The average molecular weight is 296 g/mol. The zero-order valence-electron chi connectivity index (χ0n) is 10.8. The molecule has 1 N–H and O–H groups in total. The molecule has 2 rings (SSSR count). The zero-order chi connectivity index (χ0) is 13.3. The highest BCUT2D eigenvalue weighted by Gasteiger charge is 1.98. The Kier molecular flexibility index (Phi) is 6.37. The lowest BCUT2D eigenvalue weighted by atomic mass is 10.2. The summed E-state index contributed by atoms with van der Waals surface area (Å²) in [6.45, 7) is 3.15. The Morgan fingerprint density at radius 1 is 1.11 bits per heavy atom. The quantitative estimate of drug-likeness (QED) is 0.749. The summed E-state index contributed by atoms with van der Waals surface area (Å²) in [4.78, 5) is 1.42. The maximum absolute atomic E-state index is 6.05. The summed E-state index contributed by atoms with van der Waals surface area (Å²) in [5.41, 5.74) is 1.04. The van der Waals surface area contributed by atoms with Gasteiger partial charge in [-0.2, -0.15) is 0 Å². The molecule has 0 aliphatic carbocycles. The average Bonchev–Trinajstić information content (AvgIpc) is 2.93. The van der Waals surface area contributed by atoms with Gasteiger partial charge in [-0.05, 0) is 29.5 Å². The number of benzene rings is 1. The molecule has 0 amide bonds. The molecular weight excluding hydrogens is 278 g/mol. The minimum Gasteiger partial charge on any atom is -0.375 e. The summed E-state index contributed by atoms with van der Waals surface area (Å²) in [6, 6.07) is 12.0. The van der Waals surface area contributed by atoms with E-state index >= 15 is 0 Å². The van der Waals surface area contributed by atoms with E-state index in [9.17, 15) is 0 Å². The third-order valence-electron chi connectivity index (χ3n) is 2.77. The lowest BCUT2D eigenvalue weighted by Gasteiger charge is -2.07. The molecule has 0 aliphatic rings. The van der Waals surface area contributed by atoms with Crippen LogP contribution in [-0.4, -0.2) is 19.7 Å². The van der Waals surface area contributed by atoms with Gasteiger partial charge in [-0.25, -0.2) is 0 Å². The van der Waals surface area contributed by atoms with Crippen molar-refractivity contribution >= 4 is 22.9 Å². The van der Waals surface area contributed by atoms with Crippen molar-refractivity contribution in [1.29, 1.82) is 0 Å². The molecule has 19 heavy (non-hydrogen) atoms. The van der Waals surface area contributed by atoms with Crippen LogP contribution in [0.2, 0.25) is 5.02 Å². The monoisotopic (exact) mass is 295 g/mol. The second kappa shape index (κ2) is 8.33. The molecule has 102 valence electrons. The molecule has 1 heterocycles. The van der Waals surface area contributed by atoms with Gasteiger partial charge in [0.15, 0.2) is 0 Å². The Morgan fingerprint density at radius 3 is 2.79 bits per heavy atom. The molecule has 4 heteroatoms. The van der Waals surface area contributed by atoms with E-state index in [0.717, 1.165) is 30.1 Å². The van der Waals surface area contributed by atoms with E-state index in [0.29, 0.717) is 13.2 Å². The van der Waals surface area contributed by atoms with Gasteiger partial charge in [0.25, 0.3) is 0 Å². The number of halogens is 1. The number of nitrogens with one attached hydrogen (secondary N) is 1. The highest BCUT2D eigenvalue weighted by atomic mass is 35.5. The Bertz CT molecular complexity index is 473. The van der Waals surface area contributed by atoms with Crippen molar-refractivity contribution in [3.63, 3.8) is 0 Å². The van der Waals surface area contributed by atoms with E-state index in [2.05, 4.69) is 22.8 Å². The fraction of sp³-hybridized carbons (Fsp3) is 0.333. The molecule has 0 spiro atoms. The summed E-state index contributed by atoms with van der Waals surface area (Å²) in [6.07, 6.45) is 1.09. The van der Waals surface area contributed by atoms with Gasteiger partial charge in [-0.1, -0.05) is 35.9 Å². The first kappa shape index (κ1) is 14.5. The largest absolute Gasteiger partial charge is 0.375 e. The topological polar surface area (TPSA) is 21.3 Å². The maximum Gasteiger partial charge on any atom is 0.0731 e. The number of thiophene rings is 1. The number of rotatable bonds is 8. The van der Waals surface area contributed by atoms with Gasteiger partial charge in [0.2, 0.25) is 0 Å². The minimum atomic E-state index is 0.576. The van der Waals surface area contributed by atoms with Gasteiger partial charge < -0.3 is 10.1 Å². The zero-order valence-corrected chi connectivity index (χ0v) is 12.3. The molecular formula is C15H18ClNOS. The van der Waals surface area contributed by atoms with Crippen LogP contribution in [0.4, 0.5) is 0 Å². The van der Waals surface area contributed by atoms with E-state index < -0.39 is 0 Å². The molecule has 1 aromatic carbocycles. The second-order valence-electron chi connectivity index (χ2n) is 4.22. The molecule has 0 fully saturated rings. The first-order chi connectivity index (χ1) is 9.36. The first-order valence-corrected chi connectivity index (χ1v) is 7.66. The first-order valence-electron chi connectivity index (χ1n) is 6.40. The summed E-state index contributed by atoms with van der Waals surface area (Å²) < 4.78 is 5.59.